The number of aliphatic hydroxyl groups excluding tert-OH is 2. The molecule has 3 heteroatoms. The van der Waals surface area contributed by atoms with Gasteiger partial charge in [0.25, 0.3) is 0 Å². The second-order valence-corrected chi connectivity index (χ2v) is 3.06. The van der Waals surface area contributed by atoms with Gasteiger partial charge in [0.15, 0.2) is 0 Å². The number of aliphatic hydroxyl groups is 2. The Labute approximate surface area is 153 Å². The Hall–Kier alpha value is -1.42. The predicted octanol–water partition coefficient (Wildman–Crippen LogP) is 5.98. The molecule has 0 amide bonds. The number of hydrogen-bond acceptors (Lipinski definition) is 3. The maximum Gasteiger partial charge on any atom is 0.0662 e. The Balaban J connectivity index is -0.0000000347. The topological polar surface area (TPSA) is 49.7 Å². The van der Waals surface area contributed by atoms with Gasteiger partial charge in [-0.05, 0) is 13.3 Å². The van der Waals surface area contributed by atoms with Crippen LogP contribution in [-0.4, -0.2) is 36.6 Å². The Morgan fingerprint density at radius 3 is 1.17 bits per heavy atom. The third-order valence-corrected chi connectivity index (χ3v) is 1.70. The molecule has 0 bridgehead atoms. The Kier molecular flexibility index (Phi) is 224. The standard InChI is InChI=1S/C9H20O.C2H6O2.5C2H4/c1-3-5-6-7-8-9-10-4-2;3-1-2-4;5*1-2/h3-9H2,1-2H3;3-4H,1-2H2;5*1-2H2. The normalized spacial score (nSPS) is 6.33. The van der Waals surface area contributed by atoms with E-state index in [0.717, 1.165) is 13.2 Å². The molecule has 0 aromatic heterocycles. The Morgan fingerprint density at radius 2 is 0.917 bits per heavy atom. The van der Waals surface area contributed by atoms with Gasteiger partial charge in [-0.15, -0.1) is 65.8 Å². The molecule has 148 valence electrons. The summed E-state index contributed by atoms with van der Waals surface area (Å²) in [6.07, 6.45) is 6.67. The molecule has 0 rings (SSSR count). The molecule has 0 saturated heterocycles. The molecule has 3 nitrogen and oxygen atoms in total. The summed E-state index contributed by atoms with van der Waals surface area (Å²) in [5.41, 5.74) is 0. The lowest BCUT2D eigenvalue weighted by Gasteiger charge is -1.99. The fraction of sp³-hybridized carbons (Fsp3) is 0.524. The van der Waals surface area contributed by atoms with Crippen molar-refractivity contribution in [1.82, 2.24) is 0 Å². The van der Waals surface area contributed by atoms with Crippen molar-refractivity contribution in [3.05, 3.63) is 65.8 Å². The lowest BCUT2D eigenvalue weighted by Crippen LogP contribution is -1.92. The van der Waals surface area contributed by atoms with E-state index in [9.17, 15) is 0 Å². The largest absolute Gasteiger partial charge is 0.394 e. The molecular weight excluding hydrogens is 300 g/mol. The summed E-state index contributed by atoms with van der Waals surface area (Å²) in [4.78, 5) is 0. The molecule has 0 atom stereocenters. The van der Waals surface area contributed by atoms with Gasteiger partial charge in [0.2, 0.25) is 0 Å². The van der Waals surface area contributed by atoms with Crippen LogP contribution >= 0.6 is 0 Å². The van der Waals surface area contributed by atoms with Crippen molar-refractivity contribution in [1.29, 1.82) is 0 Å². The summed E-state index contributed by atoms with van der Waals surface area (Å²) in [6, 6.07) is 0. The SMILES string of the molecule is C=C.C=C.C=C.C=C.C=C.CCCCCCCOCC.OCCO. The summed E-state index contributed by atoms with van der Waals surface area (Å²) >= 11 is 0. The fourth-order valence-electron chi connectivity index (χ4n) is 0.952. The van der Waals surface area contributed by atoms with Crippen molar-refractivity contribution < 1.29 is 14.9 Å². The van der Waals surface area contributed by atoms with E-state index >= 15 is 0 Å². The number of ether oxygens (including phenoxy) is 1. The molecular formula is C21H46O3. The first-order chi connectivity index (χ1) is 11.8. The Morgan fingerprint density at radius 1 is 0.583 bits per heavy atom. The van der Waals surface area contributed by atoms with Gasteiger partial charge in [0.05, 0.1) is 13.2 Å². The molecule has 0 spiro atoms. The van der Waals surface area contributed by atoms with E-state index in [-0.39, 0.29) is 13.2 Å². The molecule has 0 radical (unpaired) electrons. The summed E-state index contributed by atoms with van der Waals surface area (Å²) < 4.78 is 5.21. The molecule has 0 aliphatic rings. The van der Waals surface area contributed by atoms with E-state index in [0.29, 0.717) is 0 Å². The minimum Gasteiger partial charge on any atom is -0.394 e. The molecule has 0 heterocycles. The van der Waals surface area contributed by atoms with Gasteiger partial charge in [-0.25, -0.2) is 0 Å². The predicted molar refractivity (Wildman–Crippen MR) is 116 cm³/mol. The van der Waals surface area contributed by atoms with Crippen molar-refractivity contribution in [2.75, 3.05) is 26.4 Å². The molecule has 0 aromatic rings. The minimum atomic E-state index is -0.125. The lowest BCUT2D eigenvalue weighted by atomic mass is 10.2. The summed E-state index contributed by atoms with van der Waals surface area (Å²) in [7, 11) is 0. The van der Waals surface area contributed by atoms with Crippen LogP contribution in [0.3, 0.4) is 0 Å². The molecule has 2 N–H and O–H groups in total. The van der Waals surface area contributed by atoms with E-state index in [1.807, 2.05) is 6.92 Å². The van der Waals surface area contributed by atoms with E-state index < -0.39 is 0 Å². The van der Waals surface area contributed by atoms with Crippen LogP contribution in [0.15, 0.2) is 65.8 Å². The van der Waals surface area contributed by atoms with Crippen LogP contribution in [0.4, 0.5) is 0 Å². The van der Waals surface area contributed by atoms with Gasteiger partial charge in [-0.1, -0.05) is 32.6 Å². The van der Waals surface area contributed by atoms with Crippen molar-refractivity contribution in [3.63, 3.8) is 0 Å². The third-order valence-electron chi connectivity index (χ3n) is 1.70. The molecule has 0 saturated carbocycles. The van der Waals surface area contributed by atoms with E-state index in [2.05, 4.69) is 72.7 Å². The molecule has 24 heavy (non-hydrogen) atoms. The average molecular weight is 347 g/mol. The number of unbranched alkanes of at least 4 members (excludes halogenated alkanes) is 4. The van der Waals surface area contributed by atoms with Gasteiger partial charge >= 0.3 is 0 Å². The highest BCUT2D eigenvalue weighted by Crippen LogP contribution is 2.01. The van der Waals surface area contributed by atoms with E-state index in [1.165, 1.54) is 32.1 Å². The molecule has 0 aromatic carbocycles. The van der Waals surface area contributed by atoms with Gasteiger partial charge in [-0.3, -0.25) is 0 Å². The van der Waals surface area contributed by atoms with Crippen LogP contribution in [-0.2, 0) is 4.74 Å². The zero-order valence-electron chi connectivity index (χ0n) is 16.7. The average Bonchev–Trinajstić information content (AvgIpc) is 2.72. The Bertz CT molecular complexity index is 109. The highest BCUT2D eigenvalue weighted by Gasteiger charge is 1.87. The zero-order chi connectivity index (χ0) is 21.1. The molecule has 0 unspecified atom stereocenters. The molecule has 0 aliphatic carbocycles. The maximum absolute atomic E-state index is 7.62. The zero-order valence-corrected chi connectivity index (χ0v) is 16.7. The van der Waals surface area contributed by atoms with E-state index in [4.69, 9.17) is 14.9 Å². The summed E-state index contributed by atoms with van der Waals surface area (Å²) in [6.45, 7) is 35.9. The minimum absolute atomic E-state index is 0.125. The van der Waals surface area contributed by atoms with Crippen molar-refractivity contribution in [2.45, 2.75) is 46.0 Å². The quantitative estimate of drug-likeness (QED) is 0.420. The van der Waals surface area contributed by atoms with Crippen molar-refractivity contribution in [2.24, 2.45) is 0 Å². The number of rotatable bonds is 8. The van der Waals surface area contributed by atoms with Crippen LogP contribution in [0.5, 0.6) is 0 Å². The van der Waals surface area contributed by atoms with Crippen LogP contribution in [0, 0.1) is 0 Å². The smallest absolute Gasteiger partial charge is 0.0662 e. The summed E-state index contributed by atoms with van der Waals surface area (Å²) in [5, 5.41) is 15.2. The summed E-state index contributed by atoms with van der Waals surface area (Å²) in [5.74, 6) is 0. The van der Waals surface area contributed by atoms with Crippen molar-refractivity contribution >= 4 is 0 Å². The number of hydrogen-bond donors (Lipinski definition) is 2. The maximum atomic E-state index is 7.62. The van der Waals surface area contributed by atoms with Gasteiger partial charge < -0.3 is 14.9 Å². The molecule has 0 fully saturated rings. The van der Waals surface area contributed by atoms with Gasteiger partial charge in [-0.2, -0.15) is 0 Å². The van der Waals surface area contributed by atoms with E-state index in [1.54, 1.807) is 0 Å². The highest BCUT2D eigenvalue weighted by atomic mass is 16.5. The monoisotopic (exact) mass is 346 g/mol. The fourth-order valence-corrected chi connectivity index (χ4v) is 0.952. The first-order valence-corrected chi connectivity index (χ1v) is 8.12. The third kappa shape index (κ3) is 182. The lowest BCUT2D eigenvalue weighted by molar-refractivity contribution is 0.143. The van der Waals surface area contributed by atoms with Crippen LogP contribution in [0.1, 0.15) is 46.0 Å². The molecule has 0 aliphatic heterocycles. The van der Waals surface area contributed by atoms with Crippen LogP contribution < -0.4 is 0 Å². The van der Waals surface area contributed by atoms with Gasteiger partial charge in [0, 0.05) is 13.2 Å². The first kappa shape index (κ1) is 43.3. The highest BCUT2D eigenvalue weighted by molar-refractivity contribution is 4.40. The van der Waals surface area contributed by atoms with Crippen LogP contribution in [0.25, 0.3) is 0 Å². The van der Waals surface area contributed by atoms with Crippen LogP contribution in [0.2, 0.25) is 0 Å². The second kappa shape index (κ2) is 124. The first-order valence-electron chi connectivity index (χ1n) is 8.12. The second-order valence-electron chi connectivity index (χ2n) is 3.06. The van der Waals surface area contributed by atoms with Crippen molar-refractivity contribution in [3.8, 4) is 0 Å². The van der Waals surface area contributed by atoms with Gasteiger partial charge in [0.1, 0.15) is 0 Å².